The molecule has 1 aromatic rings. The molecule has 0 aromatic heterocycles. The van der Waals surface area contributed by atoms with E-state index in [1.54, 1.807) is 0 Å². The van der Waals surface area contributed by atoms with Crippen LogP contribution in [0.15, 0.2) is 24.3 Å². The molecule has 0 heterocycles. The lowest BCUT2D eigenvalue weighted by atomic mass is 9.88. The topological polar surface area (TPSA) is 78.8 Å². The minimum Gasteiger partial charge on any atom is -0.453 e. The second-order valence-electron chi connectivity index (χ2n) is 7.36. The number of ether oxygens (including phenoxy) is 1. The molecule has 0 radical (unpaired) electrons. The number of unbranched alkanes of at least 4 members (excludes halogenated alkanes) is 5. The Balaban J connectivity index is 2.49. The smallest absolute Gasteiger partial charge is 0.407 e. The molecule has 0 saturated carbocycles. The van der Waals surface area contributed by atoms with Gasteiger partial charge >= 0.3 is 6.09 Å². The molecule has 27 heavy (non-hydrogen) atoms. The fourth-order valence-electron chi connectivity index (χ4n) is 3.29. The number of amides is 1. The Labute approximate surface area is 164 Å². The van der Waals surface area contributed by atoms with E-state index < -0.39 is 11.6 Å². The van der Waals surface area contributed by atoms with Crippen molar-refractivity contribution in [2.45, 2.75) is 76.7 Å². The maximum absolute atomic E-state index is 11.6. The second-order valence-corrected chi connectivity index (χ2v) is 7.36. The molecular weight excluding hydrogens is 342 g/mol. The normalized spacial score (nSPS) is 13.2. The van der Waals surface area contributed by atoms with Crippen LogP contribution in [-0.2, 0) is 17.6 Å². The first-order valence-electron chi connectivity index (χ1n) is 10.2. The quantitative estimate of drug-likeness (QED) is 0.427. The van der Waals surface area contributed by atoms with Gasteiger partial charge in [0.2, 0.25) is 0 Å². The van der Waals surface area contributed by atoms with Crippen molar-refractivity contribution < 1.29 is 19.7 Å². The number of hydrogen-bond donors (Lipinski definition) is 3. The second kappa shape index (κ2) is 13.6. The zero-order valence-corrected chi connectivity index (χ0v) is 17.0. The fraction of sp³-hybridized carbons (Fsp3) is 0.682. The van der Waals surface area contributed by atoms with Crippen LogP contribution < -0.4 is 5.32 Å². The number of aryl methyl sites for hydroxylation is 2. The Hall–Kier alpha value is -1.59. The molecule has 1 atom stereocenters. The van der Waals surface area contributed by atoms with E-state index in [1.807, 2.05) is 0 Å². The highest BCUT2D eigenvalue weighted by molar-refractivity contribution is 5.68. The summed E-state index contributed by atoms with van der Waals surface area (Å²) in [6.45, 7) is 1.89. The molecule has 0 fully saturated rings. The first-order chi connectivity index (χ1) is 13.1. The van der Waals surface area contributed by atoms with E-state index in [0.29, 0.717) is 12.8 Å². The number of alkyl carbamates (subject to hydrolysis) is 1. The first-order valence-corrected chi connectivity index (χ1v) is 10.2. The van der Waals surface area contributed by atoms with Crippen molar-refractivity contribution in [2.24, 2.45) is 0 Å². The lowest BCUT2D eigenvalue weighted by molar-refractivity contribution is 0.101. The summed E-state index contributed by atoms with van der Waals surface area (Å²) in [5.41, 5.74) is 1.65. The third-order valence-electron chi connectivity index (χ3n) is 5.18. The molecule has 0 spiro atoms. The highest BCUT2D eigenvalue weighted by atomic mass is 16.5. The number of aliphatic hydroxyl groups is 2. The number of aliphatic hydroxyl groups excluding tert-OH is 2. The van der Waals surface area contributed by atoms with Crippen LogP contribution in [-0.4, -0.2) is 42.2 Å². The van der Waals surface area contributed by atoms with E-state index in [0.717, 1.165) is 12.0 Å². The number of carbonyl (C=O) groups excluding carboxylic acids is 1. The standard InChI is InChI=1S/C22H37NO4/c1-3-4-5-6-7-8-9-19-10-12-20(13-11-19)14-15-22(18-25,16-17-24)23-21(26)27-2/h10-13,24-25H,3-9,14-18H2,1-2H3,(H,23,26). The maximum Gasteiger partial charge on any atom is 0.407 e. The van der Waals surface area contributed by atoms with Crippen LogP contribution in [0.5, 0.6) is 0 Å². The molecule has 3 N–H and O–H groups in total. The van der Waals surface area contributed by atoms with E-state index in [2.05, 4.69) is 41.2 Å². The van der Waals surface area contributed by atoms with Crippen LogP contribution in [0, 0.1) is 0 Å². The Kier molecular flexibility index (Phi) is 11.8. The summed E-state index contributed by atoms with van der Waals surface area (Å²) >= 11 is 0. The summed E-state index contributed by atoms with van der Waals surface area (Å²) in [7, 11) is 1.29. The molecule has 5 heteroatoms. The highest BCUT2D eigenvalue weighted by Crippen LogP contribution is 2.19. The largest absolute Gasteiger partial charge is 0.453 e. The maximum atomic E-state index is 11.6. The van der Waals surface area contributed by atoms with Gasteiger partial charge in [0.25, 0.3) is 0 Å². The predicted octanol–water partition coefficient (Wildman–Crippen LogP) is 3.99. The van der Waals surface area contributed by atoms with Gasteiger partial charge in [-0.25, -0.2) is 4.79 Å². The Morgan fingerprint density at radius 1 is 0.963 bits per heavy atom. The lowest BCUT2D eigenvalue weighted by Gasteiger charge is -2.32. The van der Waals surface area contributed by atoms with Gasteiger partial charge in [-0.2, -0.15) is 0 Å². The van der Waals surface area contributed by atoms with Crippen molar-refractivity contribution in [3.8, 4) is 0 Å². The molecule has 0 aliphatic rings. The van der Waals surface area contributed by atoms with Crippen LogP contribution in [0.25, 0.3) is 0 Å². The molecular formula is C22H37NO4. The summed E-state index contributed by atoms with van der Waals surface area (Å²) in [5.74, 6) is 0. The zero-order valence-electron chi connectivity index (χ0n) is 17.0. The van der Waals surface area contributed by atoms with Crippen LogP contribution in [0.3, 0.4) is 0 Å². The van der Waals surface area contributed by atoms with Gasteiger partial charge in [0.15, 0.2) is 0 Å². The molecule has 1 amide bonds. The average Bonchev–Trinajstić information content (AvgIpc) is 2.69. The molecule has 1 rings (SSSR count). The number of benzene rings is 1. The molecule has 5 nitrogen and oxygen atoms in total. The molecule has 0 saturated heterocycles. The van der Waals surface area contributed by atoms with Crippen LogP contribution >= 0.6 is 0 Å². The zero-order chi connectivity index (χ0) is 20.0. The van der Waals surface area contributed by atoms with Gasteiger partial charge in [0.05, 0.1) is 19.3 Å². The SMILES string of the molecule is CCCCCCCCc1ccc(CCC(CO)(CCO)NC(=O)OC)cc1. The Morgan fingerprint density at radius 3 is 2.11 bits per heavy atom. The molecule has 1 unspecified atom stereocenters. The minimum atomic E-state index is -0.862. The van der Waals surface area contributed by atoms with Crippen molar-refractivity contribution in [3.05, 3.63) is 35.4 Å². The number of hydrogen-bond acceptors (Lipinski definition) is 4. The molecule has 0 aliphatic carbocycles. The summed E-state index contributed by atoms with van der Waals surface area (Å²) in [4.78, 5) is 11.6. The summed E-state index contributed by atoms with van der Waals surface area (Å²) in [5, 5.41) is 21.8. The van der Waals surface area contributed by atoms with Gasteiger partial charge in [-0.05, 0) is 43.2 Å². The van der Waals surface area contributed by atoms with Gasteiger partial charge in [0, 0.05) is 6.61 Å². The van der Waals surface area contributed by atoms with Crippen molar-refractivity contribution in [1.29, 1.82) is 0 Å². The number of rotatable bonds is 14. The third-order valence-corrected chi connectivity index (χ3v) is 5.18. The summed E-state index contributed by atoms with van der Waals surface area (Å²) in [6, 6.07) is 8.57. The summed E-state index contributed by atoms with van der Waals surface area (Å²) < 4.78 is 4.65. The molecule has 1 aromatic carbocycles. The number of methoxy groups -OCH3 is 1. The van der Waals surface area contributed by atoms with Gasteiger partial charge in [-0.3, -0.25) is 0 Å². The molecule has 154 valence electrons. The third kappa shape index (κ3) is 9.25. The number of nitrogens with one attached hydrogen (secondary N) is 1. The molecule has 0 bridgehead atoms. The van der Waals surface area contributed by atoms with Crippen molar-refractivity contribution in [3.63, 3.8) is 0 Å². The first kappa shape index (κ1) is 23.4. The van der Waals surface area contributed by atoms with Gasteiger partial charge in [0.1, 0.15) is 0 Å². The highest BCUT2D eigenvalue weighted by Gasteiger charge is 2.31. The van der Waals surface area contributed by atoms with E-state index in [4.69, 9.17) is 0 Å². The van der Waals surface area contributed by atoms with Crippen molar-refractivity contribution in [2.75, 3.05) is 20.3 Å². The fourth-order valence-corrected chi connectivity index (χ4v) is 3.29. The average molecular weight is 380 g/mol. The number of carbonyl (C=O) groups is 1. The van der Waals surface area contributed by atoms with E-state index in [9.17, 15) is 15.0 Å². The van der Waals surface area contributed by atoms with Crippen LogP contribution in [0.2, 0.25) is 0 Å². The summed E-state index contributed by atoms with van der Waals surface area (Å²) in [6.07, 6.45) is 9.87. The van der Waals surface area contributed by atoms with E-state index in [-0.39, 0.29) is 19.6 Å². The van der Waals surface area contributed by atoms with E-state index >= 15 is 0 Å². The van der Waals surface area contributed by atoms with E-state index in [1.165, 1.54) is 51.2 Å². The monoisotopic (exact) mass is 379 g/mol. The Morgan fingerprint density at radius 2 is 1.56 bits per heavy atom. The van der Waals surface area contributed by atoms with Gasteiger partial charge in [-0.15, -0.1) is 0 Å². The van der Waals surface area contributed by atoms with Gasteiger partial charge in [-0.1, -0.05) is 63.3 Å². The van der Waals surface area contributed by atoms with Crippen molar-refractivity contribution in [1.82, 2.24) is 5.32 Å². The van der Waals surface area contributed by atoms with Crippen LogP contribution in [0.1, 0.15) is 69.4 Å². The van der Waals surface area contributed by atoms with Crippen molar-refractivity contribution >= 4 is 6.09 Å². The predicted molar refractivity (Wildman–Crippen MR) is 109 cm³/mol. The lowest BCUT2D eigenvalue weighted by Crippen LogP contribution is -2.52. The minimum absolute atomic E-state index is 0.109. The molecule has 0 aliphatic heterocycles. The van der Waals surface area contributed by atoms with Crippen LogP contribution in [0.4, 0.5) is 4.79 Å². The van der Waals surface area contributed by atoms with Gasteiger partial charge < -0.3 is 20.3 Å². The Bertz CT molecular complexity index is 518.